The molecule has 2 aromatic carbocycles. The summed E-state index contributed by atoms with van der Waals surface area (Å²) in [6.45, 7) is 4.47. The standard InChI is InChI=1S/C20H24N2OS/c1-16-7-9-17(10-8-16)14-24-15-20(23)22-12-11-21(2)19-6-4-3-5-18(19)13-22/h3-10H,11-15H2,1-2H3. The number of amides is 1. The van der Waals surface area contributed by atoms with Crippen LogP contribution in [-0.2, 0) is 17.1 Å². The Balaban J connectivity index is 1.56. The van der Waals surface area contributed by atoms with Gasteiger partial charge < -0.3 is 9.80 Å². The molecule has 1 aliphatic rings. The van der Waals surface area contributed by atoms with E-state index in [0.717, 1.165) is 18.8 Å². The number of anilines is 1. The van der Waals surface area contributed by atoms with Crippen LogP contribution in [0, 0.1) is 6.92 Å². The monoisotopic (exact) mass is 340 g/mol. The molecule has 0 N–H and O–H groups in total. The highest BCUT2D eigenvalue weighted by Gasteiger charge is 2.20. The van der Waals surface area contributed by atoms with Gasteiger partial charge in [-0.05, 0) is 24.1 Å². The Hall–Kier alpha value is -1.94. The molecule has 1 heterocycles. The van der Waals surface area contributed by atoms with Crippen LogP contribution in [-0.4, -0.2) is 36.7 Å². The predicted octanol–water partition coefficient (Wildman–Crippen LogP) is 3.71. The third-order valence-electron chi connectivity index (χ3n) is 4.44. The van der Waals surface area contributed by atoms with Gasteiger partial charge in [0.25, 0.3) is 0 Å². The van der Waals surface area contributed by atoms with Crippen LogP contribution in [0.5, 0.6) is 0 Å². The number of carbonyl (C=O) groups is 1. The number of hydrogen-bond acceptors (Lipinski definition) is 3. The van der Waals surface area contributed by atoms with Gasteiger partial charge in [0.05, 0.1) is 5.75 Å². The van der Waals surface area contributed by atoms with Gasteiger partial charge in [0.1, 0.15) is 0 Å². The van der Waals surface area contributed by atoms with Crippen LogP contribution in [0.3, 0.4) is 0 Å². The number of para-hydroxylation sites is 1. The number of hydrogen-bond donors (Lipinski definition) is 0. The molecule has 0 aromatic heterocycles. The zero-order chi connectivity index (χ0) is 16.9. The summed E-state index contributed by atoms with van der Waals surface area (Å²) in [6, 6.07) is 16.9. The average molecular weight is 340 g/mol. The molecule has 0 bridgehead atoms. The van der Waals surface area contributed by atoms with Gasteiger partial charge >= 0.3 is 0 Å². The second kappa shape index (κ2) is 7.75. The first-order valence-electron chi connectivity index (χ1n) is 8.33. The van der Waals surface area contributed by atoms with E-state index in [1.807, 2.05) is 11.0 Å². The number of fused-ring (bicyclic) bond motifs is 1. The molecule has 0 unspecified atom stereocenters. The van der Waals surface area contributed by atoms with Crippen LogP contribution < -0.4 is 4.90 Å². The van der Waals surface area contributed by atoms with E-state index in [2.05, 4.69) is 61.3 Å². The lowest BCUT2D eigenvalue weighted by Crippen LogP contribution is -2.35. The summed E-state index contributed by atoms with van der Waals surface area (Å²) >= 11 is 1.70. The van der Waals surface area contributed by atoms with Crippen LogP contribution >= 0.6 is 11.8 Å². The van der Waals surface area contributed by atoms with E-state index in [0.29, 0.717) is 12.3 Å². The third-order valence-corrected chi connectivity index (χ3v) is 5.43. The van der Waals surface area contributed by atoms with Crippen LogP contribution in [0.4, 0.5) is 5.69 Å². The van der Waals surface area contributed by atoms with Crippen molar-refractivity contribution in [3.63, 3.8) is 0 Å². The highest BCUT2D eigenvalue weighted by atomic mass is 32.2. The molecule has 126 valence electrons. The maximum absolute atomic E-state index is 12.6. The fourth-order valence-electron chi connectivity index (χ4n) is 2.94. The molecule has 0 spiro atoms. The van der Waals surface area contributed by atoms with Crippen molar-refractivity contribution >= 4 is 23.4 Å². The topological polar surface area (TPSA) is 23.6 Å². The number of nitrogens with zero attached hydrogens (tertiary/aromatic N) is 2. The first-order chi connectivity index (χ1) is 11.6. The Morgan fingerprint density at radius 1 is 1.08 bits per heavy atom. The molecule has 24 heavy (non-hydrogen) atoms. The van der Waals surface area contributed by atoms with Gasteiger partial charge in [0, 0.05) is 38.1 Å². The van der Waals surface area contributed by atoms with Gasteiger partial charge in [-0.3, -0.25) is 4.79 Å². The summed E-state index contributed by atoms with van der Waals surface area (Å²) in [5, 5.41) is 0. The molecule has 0 saturated carbocycles. The fraction of sp³-hybridized carbons (Fsp3) is 0.350. The molecular formula is C20H24N2OS. The minimum atomic E-state index is 0.234. The van der Waals surface area contributed by atoms with Crippen molar-refractivity contribution < 1.29 is 4.79 Å². The van der Waals surface area contributed by atoms with E-state index >= 15 is 0 Å². The number of aryl methyl sites for hydroxylation is 1. The van der Waals surface area contributed by atoms with Crippen LogP contribution in [0.1, 0.15) is 16.7 Å². The van der Waals surface area contributed by atoms with E-state index < -0.39 is 0 Å². The zero-order valence-electron chi connectivity index (χ0n) is 14.4. The molecule has 0 atom stereocenters. The second-order valence-corrected chi connectivity index (χ2v) is 7.33. The number of thioether (sulfide) groups is 1. The largest absolute Gasteiger partial charge is 0.373 e. The first-order valence-corrected chi connectivity index (χ1v) is 9.49. The summed E-state index contributed by atoms with van der Waals surface area (Å²) in [4.78, 5) is 16.8. The van der Waals surface area contributed by atoms with Gasteiger partial charge in [0.2, 0.25) is 5.91 Å². The van der Waals surface area contributed by atoms with Crippen molar-refractivity contribution in [2.45, 2.75) is 19.2 Å². The molecule has 0 saturated heterocycles. The van der Waals surface area contributed by atoms with Gasteiger partial charge in [0.15, 0.2) is 0 Å². The van der Waals surface area contributed by atoms with Gasteiger partial charge in [-0.1, -0.05) is 48.0 Å². The van der Waals surface area contributed by atoms with Crippen molar-refractivity contribution in [3.05, 3.63) is 65.2 Å². The molecule has 0 radical (unpaired) electrons. The van der Waals surface area contributed by atoms with Gasteiger partial charge in [-0.25, -0.2) is 0 Å². The van der Waals surface area contributed by atoms with Crippen molar-refractivity contribution in [2.75, 3.05) is 30.8 Å². The minimum Gasteiger partial charge on any atom is -0.373 e. The molecule has 1 aliphatic heterocycles. The Kier molecular flexibility index (Phi) is 5.46. The lowest BCUT2D eigenvalue weighted by atomic mass is 10.1. The Morgan fingerprint density at radius 3 is 2.62 bits per heavy atom. The predicted molar refractivity (Wildman–Crippen MR) is 102 cm³/mol. The van der Waals surface area contributed by atoms with E-state index in [4.69, 9.17) is 0 Å². The van der Waals surface area contributed by atoms with E-state index in [1.54, 1.807) is 11.8 Å². The normalized spacial score (nSPS) is 14.2. The summed E-state index contributed by atoms with van der Waals surface area (Å²) in [7, 11) is 2.10. The van der Waals surface area contributed by atoms with Crippen LogP contribution in [0.25, 0.3) is 0 Å². The first kappa shape index (κ1) is 16.9. The lowest BCUT2D eigenvalue weighted by molar-refractivity contribution is -0.128. The van der Waals surface area contributed by atoms with E-state index in [1.165, 1.54) is 22.4 Å². The third kappa shape index (κ3) is 4.12. The van der Waals surface area contributed by atoms with E-state index in [-0.39, 0.29) is 5.91 Å². The Labute approximate surface area is 148 Å². The summed E-state index contributed by atoms with van der Waals surface area (Å²) in [5.74, 6) is 1.66. The second-order valence-electron chi connectivity index (χ2n) is 6.34. The average Bonchev–Trinajstić information content (AvgIpc) is 2.76. The summed E-state index contributed by atoms with van der Waals surface area (Å²) in [5.41, 5.74) is 5.01. The van der Waals surface area contributed by atoms with Crippen molar-refractivity contribution in [3.8, 4) is 0 Å². The number of carbonyl (C=O) groups excluding carboxylic acids is 1. The Bertz CT molecular complexity index is 699. The molecule has 2 aromatic rings. The smallest absolute Gasteiger partial charge is 0.232 e. The number of likely N-dealkylation sites (N-methyl/N-ethyl adjacent to an activating group) is 1. The summed E-state index contributed by atoms with van der Waals surface area (Å²) in [6.07, 6.45) is 0. The minimum absolute atomic E-state index is 0.234. The van der Waals surface area contributed by atoms with Crippen molar-refractivity contribution in [1.29, 1.82) is 0 Å². The maximum Gasteiger partial charge on any atom is 0.232 e. The fourth-order valence-corrected chi connectivity index (χ4v) is 3.82. The molecule has 4 heteroatoms. The molecule has 3 rings (SSSR count). The molecule has 0 aliphatic carbocycles. The van der Waals surface area contributed by atoms with Gasteiger partial charge in [-0.15, -0.1) is 11.8 Å². The SMILES string of the molecule is Cc1ccc(CSCC(=O)N2CCN(C)c3ccccc3C2)cc1. The zero-order valence-corrected chi connectivity index (χ0v) is 15.2. The van der Waals surface area contributed by atoms with Crippen LogP contribution in [0.2, 0.25) is 0 Å². The summed E-state index contributed by atoms with van der Waals surface area (Å²) < 4.78 is 0. The van der Waals surface area contributed by atoms with Crippen molar-refractivity contribution in [2.24, 2.45) is 0 Å². The highest BCUT2D eigenvalue weighted by Crippen LogP contribution is 2.24. The quantitative estimate of drug-likeness (QED) is 0.848. The van der Waals surface area contributed by atoms with Crippen molar-refractivity contribution in [1.82, 2.24) is 4.90 Å². The van der Waals surface area contributed by atoms with E-state index in [9.17, 15) is 4.79 Å². The Morgan fingerprint density at radius 2 is 1.83 bits per heavy atom. The highest BCUT2D eigenvalue weighted by molar-refractivity contribution is 7.99. The molecule has 3 nitrogen and oxygen atoms in total. The van der Waals surface area contributed by atoms with Gasteiger partial charge in [-0.2, -0.15) is 0 Å². The van der Waals surface area contributed by atoms with Crippen LogP contribution in [0.15, 0.2) is 48.5 Å². The molecular weight excluding hydrogens is 316 g/mol. The molecule has 0 fully saturated rings. The maximum atomic E-state index is 12.6. The number of benzene rings is 2. The number of rotatable bonds is 4. The lowest BCUT2D eigenvalue weighted by Gasteiger charge is -2.21. The molecule has 1 amide bonds.